The zero-order valence-electron chi connectivity index (χ0n) is 11.0. The molecule has 0 aliphatic carbocycles. The highest BCUT2D eigenvalue weighted by Gasteiger charge is 2.03. The largest absolute Gasteiger partial charge is 0.217 e. The van der Waals surface area contributed by atoms with Crippen molar-refractivity contribution in [1.29, 1.82) is 0 Å². The zero-order chi connectivity index (χ0) is 13.6. The van der Waals surface area contributed by atoms with E-state index in [1.54, 1.807) is 0 Å². The lowest BCUT2D eigenvalue weighted by molar-refractivity contribution is 0.842. The number of benzene rings is 2. The molecule has 1 radical (unpaired) electrons. The number of aromatic nitrogens is 3. The Balaban J connectivity index is 1.76. The van der Waals surface area contributed by atoms with E-state index in [-0.39, 0.29) is 0 Å². The van der Waals surface area contributed by atoms with Crippen molar-refractivity contribution in [3.05, 3.63) is 89.8 Å². The molecule has 0 fully saturated rings. The van der Waals surface area contributed by atoms with Gasteiger partial charge in [0.25, 0.3) is 0 Å². The Labute approximate surface area is 118 Å². The molecule has 0 amide bonds. The van der Waals surface area contributed by atoms with Crippen molar-refractivity contribution in [3.63, 3.8) is 0 Å². The molecule has 0 aliphatic heterocycles. The molecule has 1 heterocycles. The molecule has 3 nitrogen and oxygen atoms in total. The van der Waals surface area contributed by atoms with Crippen molar-refractivity contribution in [2.75, 3.05) is 0 Å². The number of hydrogen-bond acceptors (Lipinski definition) is 3. The SMILES string of the molecule is [c]1nc(Cc2ccccc2)nc(Cc2ccccc2)n1. The van der Waals surface area contributed by atoms with Crippen LogP contribution in [0.2, 0.25) is 0 Å². The Hall–Kier alpha value is -2.55. The molecule has 20 heavy (non-hydrogen) atoms. The fourth-order valence-corrected chi connectivity index (χ4v) is 2.05. The van der Waals surface area contributed by atoms with E-state index in [1.807, 2.05) is 36.4 Å². The van der Waals surface area contributed by atoms with Gasteiger partial charge in [-0.3, -0.25) is 0 Å². The Bertz CT molecular complexity index is 609. The molecule has 0 aliphatic rings. The molecule has 0 N–H and O–H groups in total. The number of hydrogen-bond donors (Lipinski definition) is 0. The third kappa shape index (κ3) is 3.26. The lowest BCUT2D eigenvalue weighted by Gasteiger charge is -2.03. The first-order valence-electron chi connectivity index (χ1n) is 6.58. The highest BCUT2D eigenvalue weighted by atomic mass is 15.0. The van der Waals surface area contributed by atoms with E-state index in [0.29, 0.717) is 12.8 Å². The van der Waals surface area contributed by atoms with Gasteiger partial charge in [0, 0.05) is 12.8 Å². The molecule has 1 aromatic heterocycles. The molecule has 0 bridgehead atoms. The summed E-state index contributed by atoms with van der Waals surface area (Å²) in [4.78, 5) is 12.8. The predicted octanol–water partition coefficient (Wildman–Crippen LogP) is 2.85. The van der Waals surface area contributed by atoms with Crippen molar-refractivity contribution in [2.45, 2.75) is 12.8 Å². The molecular formula is C17H14N3. The van der Waals surface area contributed by atoms with Crippen molar-refractivity contribution < 1.29 is 0 Å². The van der Waals surface area contributed by atoms with Gasteiger partial charge >= 0.3 is 0 Å². The molecule has 3 heteroatoms. The Morgan fingerprint density at radius 1 is 0.650 bits per heavy atom. The molecule has 0 saturated heterocycles. The topological polar surface area (TPSA) is 38.7 Å². The van der Waals surface area contributed by atoms with E-state index in [9.17, 15) is 0 Å². The first kappa shape index (κ1) is 12.5. The summed E-state index contributed by atoms with van der Waals surface area (Å²) >= 11 is 0. The van der Waals surface area contributed by atoms with E-state index in [4.69, 9.17) is 0 Å². The summed E-state index contributed by atoms with van der Waals surface area (Å²) in [6.07, 6.45) is 4.13. The second-order valence-electron chi connectivity index (χ2n) is 4.59. The first-order valence-corrected chi connectivity index (χ1v) is 6.58. The van der Waals surface area contributed by atoms with Gasteiger partial charge in [0.05, 0.1) is 0 Å². The average molecular weight is 260 g/mol. The van der Waals surface area contributed by atoms with Crippen LogP contribution in [0.25, 0.3) is 0 Å². The van der Waals surface area contributed by atoms with Gasteiger partial charge in [-0.05, 0) is 11.1 Å². The van der Waals surface area contributed by atoms with Crippen LogP contribution in [0.4, 0.5) is 0 Å². The van der Waals surface area contributed by atoms with Crippen molar-refractivity contribution in [1.82, 2.24) is 15.0 Å². The molecule has 3 rings (SSSR count). The van der Waals surface area contributed by atoms with Crippen LogP contribution in [-0.4, -0.2) is 15.0 Å². The number of rotatable bonds is 4. The molecule has 0 unspecified atom stereocenters. The van der Waals surface area contributed by atoms with Gasteiger partial charge in [-0.2, -0.15) is 0 Å². The molecule has 0 spiro atoms. The monoisotopic (exact) mass is 260 g/mol. The fourth-order valence-electron chi connectivity index (χ4n) is 2.05. The average Bonchev–Trinajstić information content (AvgIpc) is 2.50. The maximum Gasteiger partial charge on any atom is 0.201 e. The third-order valence-corrected chi connectivity index (χ3v) is 3.03. The van der Waals surface area contributed by atoms with Crippen LogP contribution in [0.3, 0.4) is 0 Å². The minimum atomic E-state index is 0.710. The highest BCUT2D eigenvalue weighted by Crippen LogP contribution is 2.07. The summed E-state index contributed by atoms with van der Waals surface area (Å²) in [5.41, 5.74) is 2.38. The fraction of sp³-hybridized carbons (Fsp3) is 0.118. The molecule has 97 valence electrons. The predicted molar refractivity (Wildman–Crippen MR) is 77.2 cm³/mol. The van der Waals surface area contributed by atoms with Crippen LogP contribution < -0.4 is 0 Å². The molecule has 0 saturated carbocycles. The molecule has 3 aromatic rings. The smallest absolute Gasteiger partial charge is 0.201 e. The van der Waals surface area contributed by atoms with Crippen LogP contribution in [0.5, 0.6) is 0 Å². The van der Waals surface area contributed by atoms with Crippen molar-refractivity contribution in [2.24, 2.45) is 0 Å². The van der Waals surface area contributed by atoms with Crippen molar-refractivity contribution >= 4 is 0 Å². The molecule has 0 atom stereocenters. The summed E-state index contributed by atoms with van der Waals surface area (Å²) in [7, 11) is 0. The maximum atomic E-state index is 4.51. The summed E-state index contributed by atoms with van der Waals surface area (Å²) in [5, 5.41) is 0. The standard InChI is InChI=1S/C17H14N3/c1-3-7-14(8-4-1)11-16-18-13-19-17(20-16)12-15-9-5-2-6-10-15/h1-10H,11-12H2. The lowest BCUT2D eigenvalue weighted by Crippen LogP contribution is -2.04. The first-order chi connectivity index (χ1) is 9.90. The normalized spacial score (nSPS) is 10.4. The van der Waals surface area contributed by atoms with Crippen LogP contribution in [0, 0.1) is 6.33 Å². The Morgan fingerprint density at radius 3 is 1.55 bits per heavy atom. The maximum absolute atomic E-state index is 4.51. The van der Waals surface area contributed by atoms with Crippen LogP contribution in [-0.2, 0) is 12.8 Å². The van der Waals surface area contributed by atoms with Crippen LogP contribution in [0.1, 0.15) is 22.8 Å². The zero-order valence-corrected chi connectivity index (χ0v) is 11.0. The highest BCUT2D eigenvalue weighted by molar-refractivity contribution is 5.20. The van der Waals surface area contributed by atoms with Crippen molar-refractivity contribution in [3.8, 4) is 0 Å². The van der Waals surface area contributed by atoms with Gasteiger partial charge in [0.15, 0.2) is 0 Å². The molecule has 2 aromatic carbocycles. The van der Waals surface area contributed by atoms with E-state index >= 15 is 0 Å². The summed E-state index contributed by atoms with van der Waals surface area (Å²) in [6.45, 7) is 0. The van der Waals surface area contributed by atoms with Gasteiger partial charge in [-0.15, -0.1) is 0 Å². The van der Waals surface area contributed by atoms with Gasteiger partial charge < -0.3 is 0 Å². The minimum absolute atomic E-state index is 0.710. The number of nitrogens with zero attached hydrogens (tertiary/aromatic N) is 3. The minimum Gasteiger partial charge on any atom is -0.217 e. The van der Waals surface area contributed by atoms with E-state index in [0.717, 1.165) is 11.6 Å². The van der Waals surface area contributed by atoms with Crippen LogP contribution >= 0.6 is 0 Å². The summed E-state index contributed by atoms with van der Waals surface area (Å²) in [5.74, 6) is 1.52. The van der Waals surface area contributed by atoms with E-state index in [1.165, 1.54) is 11.1 Å². The summed E-state index contributed by atoms with van der Waals surface area (Å²) in [6, 6.07) is 20.4. The van der Waals surface area contributed by atoms with Gasteiger partial charge in [0.2, 0.25) is 6.33 Å². The lowest BCUT2D eigenvalue weighted by atomic mass is 10.1. The second-order valence-corrected chi connectivity index (χ2v) is 4.59. The Kier molecular flexibility index (Phi) is 3.78. The second kappa shape index (κ2) is 6.06. The van der Waals surface area contributed by atoms with Crippen LogP contribution in [0.15, 0.2) is 60.7 Å². The third-order valence-electron chi connectivity index (χ3n) is 3.03. The van der Waals surface area contributed by atoms with E-state index < -0.39 is 0 Å². The quantitative estimate of drug-likeness (QED) is 0.724. The van der Waals surface area contributed by atoms with Gasteiger partial charge in [0.1, 0.15) is 11.6 Å². The van der Waals surface area contributed by atoms with Gasteiger partial charge in [-0.25, -0.2) is 15.0 Å². The Morgan fingerprint density at radius 2 is 1.10 bits per heavy atom. The molecular weight excluding hydrogens is 246 g/mol. The van der Waals surface area contributed by atoms with E-state index in [2.05, 4.69) is 45.5 Å². The van der Waals surface area contributed by atoms with Gasteiger partial charge in [-0.1, -0.05) is 60.7 Å². The summed E-state index contributed by atoms with van der Waals surface area (Å²) < 4.78 is 0.